The van der Waals surface area contributed by atoms with Crippen LogP contribution < -0.4 is 4.90 Å². The predicted octanol–water partition coefficient (Wildman–Crippen LogP) is 2.07. The minimum atomic E-state index is -0.307. The van der Waals surface area contributed by atoms with Gasteiger partial charge in [-0.1, -0.05) is 6.07 Å². The number of carbonyl (C=O) groups is 1. The highest BCUT2D eigenvalue weighted by molar-refractivity contribution is 5.99. The van der Waals surface area contributed by atoms with Gasteiger partial charge in [0, 0.05) is 51.0 Å². The molecular formula is C18H18FN5O. The summed E-state index contributed by atoms with van der Waals surface area (Å²) in [5, 5.41) is 0.477. The van der Waals surface area contributed by atoms with Crippen LogP contribution in [0.4, 0.5) is 10.3 Å². The van der Waals surface area contributed by atoms with Gasteiger partial charge in [-0.15, -0.1) is 0 Å². The van der Waals surface area contributed by atoms with Crippen LogP contribution in [0.3, 0.4) is 0 Å². The molecule has 1 aromatic carbocycles. The molecule has 0 spiro atoms. The first-order valence-corrected chi connectivity index (χ1v) is 8.20. The monoisotopic (exact) mass is 339 g/mol. The van der Waals surface area contributed by atoms with E-state index < -0.39 is 0 Å². The molecule has 0 aliphatic carbocycles. The highest BCUT2D eigenvalue weighted by atomic mass is 19.1. The lowest BCUT2D eigenvalue weighted by Crippen LogP contribution is -2.49. The van der Waals surface area contributed by atoms with Crippen molar-refractivity contribution in [2.75, 3.05) is 31.1 Å². The number of amides is 1. The predicted molar refractivity (Wildman–Crippen MR) is 93.0 cm³/mol. The molecule has 1 fully saturated rings. The summed E-state index contributed by atoms with van der Waals surface area (Å²) < 4.78 is 15.7. The smallest absolute Gasteiger partial charge is 0.270 e. The zero-order valence-electron chi connectivity index (χ0n) is 13.9. The molecule has 3 heterocycles. The van der Waals surface area contributed by atoms with Crippen LogP contribution in [0.5, 0.6) is 0 Å². The van der Waals surface area contributed by atoms with Crippen molar-refractivity contribution in [1.82, 2.24) is 19.4 Å². The maximum absolute atomic E-state index is 14.0. The van der Waals surface area contributed by atoms with Gasteiger partial charge in [0.1, 0.15) is 11.5 Å². The third-order valence-electron chi connectivity index (χ3n) is 4.65. The van der Waals surface area contributed by atoms with Crippen molar-refractivity contribution in [3.8, 4) is 0 Å². The number of aromatic nitrogens is 3. The van der Waals surface area contributed by atoms with Crippen molar-refractivity contribution >= 4 is 22.8 Å². The van der Waals surface area contributed by atoms with Crippen LogP contribution in [0.2, 0.25) is 0 Å². The molecule has 1 saturated heterocycles. The van der Waals surface area contributed by atoms with E-state index in [1.807, 2.05) is 6.07 Å². The van der Waals surface area contributed by atoms with Crippen molar-refractivity contribution < 1.29 is 9.18 Å². The van der Waals surface area contributed by atoms with E-state index in [4.69, 9.17) is 0 Å². The van der Waals surface area contributed by atoms with Crippen LogP contribution in [0.1, 0.15) is 10.5 Å². The van der Waals surface area contributed by atoms with Gasteiger partial charge in [0.05, 0.1) is 5.52 Å². The highest BCUT2D eigenvalue weighted by Crippen LogP contribution is 2.23. The maximum atomic E-state index is 14.0. The van der Waals surface area contributed by atoms with Gasteiger partial charge in [0.2, 0.25) is 5.95 Å². The molecule has 0 radical (unpaired) electrons. The van der Waals surface area contributed by atoms with E-state index in [-0.39, 0.29) is 11.7 Å². The van der Waals surface area contributed by atoms with Crippen LogP contribution in [0, 0.1) is 5.82 Å². The molecule has 3 aromatic rings. The first-order valence-electron chi connectivity index (χ1n) is 8.20. The van der Waals surface area contributed by atoms with Crippen LogP contribution in [-0.2, 0) is 7.05 Å². The number of hydrogen-bond acceptors (Lipinski definition) is 4. The SMILES string of the molecule is Cn1c(C(=O)N2CCN(c3ncccn3)CC2)cc2c(F)cccc21. The molecule has 1 aliphatic heterocycles. The second-order valence-corrected chi connectivity index (χ2v) is 6.09. The van der Waals surface area contributed by atoms with E-state index in [1.54, 1.807) is 47.1 Å². The molecule has 7 heteroatoms. The molecule has 1 aliphatic rings. The molecule has 0 saturated carbocycles. The Hall–Kier alpha value is -2.96. The number of rotatable bonds is 2. The second kappa shape index (κ2) is 6.16. The Morgan fingerprint density at radius 3 is 2.48 bits per heavy atom. The van der Waals surface area contributed by atoms with Crippen LogP contribution >= 0.6 is 0 Å². The quantitative estimate of drug-likeness (QED) is 0.717. The average molecular weight is 339 g/mol. The number of carbonyl (C=O) groups excluding carboxylic acids is 1. The molecule has 4 rings (SSSR count). The summed E-state index contributed by atoms with van der Waals surface area (Å²) in [5.74, 6) is 0.297. The van der Waals surface area contributed by atoms with E-state index in [9.17, 15) is 9.18 Å². The summed E-state index contributed by atoms with van der Waals surface area (Å²) in [4.78, 5) is 25.2. The lowest BCUT2D eigenvalue weighted by Gasteiger charge is -2.34. The number of hydrogen-bond donors (Lipinski definition) is 0. The molecule has 6 nitrogen and oxygen atoms in total. The number of aryl methyl sites for hydroxylation is 1. The van der Waals surface area contributed by atoms with Gasteiger partial charge < -0.3 is 14.4 Å². The number of nitrogens with zero attached hydrogens (tertiary/aromatic N) is 5. The Morgan fingerprint density at radius 2 is 1.80 bits per heavy atom. The summed E-state index contributed by atoms with van der Waals surface area (Å²) >= 11 is 0. The molecule has 0 N–H and O–H groups in total. The molecule has 0 unspecified atom stereocenters. The van der Waals surface area contributed by atoms with E-state index in [0.29, 0.717) is 43.2 Å². The number of halogens is 1. The molecule has 0 bridgehead atoms. The Labute approximate surface area is 144 Å². The fourth-order valence-corrected chi connectivity index (χ4v) is 3.26. The summed E-state index contributed by atoms with van der Waals surface area (Å²) in [5.41, 5.74) is 1.23. The average Bonchev–Trinajstić information content (AvgIpc) is 3.00. The van der Waals surface area contributed by atoms with Crippen molar-refractivity contribution in [3.05, 3.63) is 54.2 Å². The van der Waals surface area contributed by atoms with Crippen LogP contribution in [0.25, 0.3) is 10.9 Å². The zero-order valence-corrected chi connectivity index (χ0v) is 13.9. The number of benzene rings is 1. The first-order chi connectivity index (χ1) is 12.1. The third kappa shape index (κ3) is 2.71. The fraction of sp³-hybridized carbons (Fsp3) is 0.278. The van der Waals surface area contributed by atoms with Crippen molar-refractivity contribution in [1.29, 1.82) is 0 Å². The van der Waals surface area contributed by atoms with Crippen molar-refractivity contribution in [2.24, 2.45) is 7.05 Å². The lowest BCUT2D eigenvalue weighted by atomic mass is 10.2. The number of anilines is 1. The number of fused-ring (bicyclic) bond motifs is 1. The van der Waals surface area contributed by atoms with E-state index in [0.717, 1.165) is 5.52 Å². The highest BCUT2D eigenvalue weighted by Gasteiger charge is 2.25. The molecule has 25 heavy (non-hydrogen) atoms. The van der Waals surface area contributed by atoms with Gasteiger partial charge in [-0.2, -0.15) is 0 Å². The molecule has 0 atom stereocenters. The normalized spacial score (nSPS) is 15.0. The third-order valence-corrected chi connectivity index (χ3v) is 4.65. The standard InChI is InChI=1S/C18H18FN5O/c1-22-15-5-2-4-14(19)13(15)12-16(22)17(25)23-8-10-24(11-9-23)18-20-6-3-7-21-18/h2-7,12H,8-11H2,1H3. The van der Waals surface area contributed by atoms with E-state index >= 15 is 0 Å². The van der Waals surface area contributed by atoms with Crippen molar-refractivity contribution in [2.45, 2.75) is 0 Å². The molecule has 1 amide bonds. The first kappa shape index (κ1) is 15.6. The van der Waals surface area contributed by atoms with Gasteiger partial charge in [0.25, 0.3) is 5.91 Å². The van der Waals surface area contributed by atoms with Gasteiger partial charge in [-0.3, -0.25) is 4.79 Å². The van der Waals surface area contributed by atoms with E-state index in [1.165, 1.54) is 6.07 Å². The van der Waals surface area contributed by atoms with Crippen molar-refractivity contribution in [3.63, 3.8) is 0 Å². The Bertz CT molecular complexity index is 916. The Kier molecular flexibility index (Phi) is 3.83. The van der Waals surface area contributed by atoms with Crippen LogP contribution in [0.15, 0.2) is 42.7 Å². The summed E-state index contributed by atoms with van der Waals surface area (Å²) in [6.07, 6.45) is 3.42. The van der Waals surface area contributed by atoms with Gasteiger partial charge in [0.15, 0.2) is 0 Å². The van der Waals surface area contributed by atoms with Crippen LogP contribution in [-0.4, -0.2) is 51.5 Å². The fourth-order valence-electron chi connectivity index (χ4n) is 3.26. The van der Waals surface area contributed by atoms with Gasteiger partial charge >= 0.3 is 0 Å². The summed E-state index contributed by atoms with van der Waals surface area (Å²) in [6, 6.07) is 8.31. The Balaban J connectivity index is 1.53. The largest absolute Gasteiger partial charge is 0.340 e. The summed E-state index contributed by atoms with van der Waals surface area (Å²) in [7, 11) is 1.79. The Morgan fingerprint density at radius 1 is 1.08 bits per heavy atom. The van der Waals surface area contributed by atoms with Gasteiger partial charge in [-0.05, 0) is 24.3 Å². The lowest BCUT2D eigenvalue weighted by molar-refractivity contribution is 0.0737. The molecule has 128 valence electrons. The molecular weight excluding hydrogens is 321 g/mol. The molecule has 2 aromatic heterocycles. The van der Waals surface area contributed by atoms with Gasteiger partial charge in [-0.25, -0.2) is 14.4 Å². The maximum Gasteiger partial charge on any atom is 0.270 e. The van der Waals surface area contributed by atoms with E-state index in [2.05, 4.69) is 14.9 Å². The summed E-state index contributed by atoms with van der Waals surface area (Å²) in [6.45, 7) is 2.52. The zero-order chi connectivity index (χ0) is 17.4. The minimum absolute atomic E-state index is 0.0771. The number of piperazine rings is 1. The minimum Gasteiger partial charge on any atom is -0.340 e. The topological polar surface area (TPSA) is 54.3 Å². The second-order valence-electron chi connectivity index (χ2n) is 6.09.